The molecule has 3 fully saturated rings. The molecule has 1 aromatic carbocycles. The van der Waals surface area contributed by atoms with Gasteiger partial charge in [-0.05, 0) is 55.9 Å². The van der Waals surface area contributed by atoms with Crippen molar-refractivity contribution < 1.29 is 9.59 Å². The average molecular weight is 486 g/mol. The predicted octanol–water partition coefficient (Wildman–Crippen LogP) is 3.95. The fourth-order valence-electron chi connectivity index (χ4n) is 5.96. The van der Waals surface area contributed by atoms with E-state index in [1.807, 2.05) is 19.2 Å². The number of piperidine rings is 1. The van der Waals surface area contributed by atoms with Crippen LogP contribution in [0.4, 0.5) is 17.3 Å². The maximum absolute atomic E-state index is 13.2. The van der Waals surface area contributed by atoms with Gasteiger partial charge in [-0.25, -0.2) is 9.97 Å². The van der Waals surface area contributed by atoms with E-state index >= 15 is 0 Å². The fraction of sp³-hybridized carbons (Fsp3) is 0.444. The smallest absolute Gasteiger partial charge is 0.271 e. The van der Waals surface area contributed by atoms with E-state index in [9.17, 15) is 9.59 Å². The van der Waals surface area contributed by atoms with E-state index < -0.39 is 5.91 Å². The van der Waals surface area contributed by atoms with Crippen LogP contribution in [0.3, 0.4) is 0 Å². The van der Waals surface area contributed by atoms with Crippen LogP contribution in [0, 0.1) is 5.92 Å². The predicted molar refractivity (Wildman–Crippen MR) is 136 cm³/mol. The van der Waals surface area contributed by atoms with Gasteiger partial charge >= 0.3 is 0 Å². The van der Waals surface area contributed by atoms with E-state index in [1.165, 1.54) is 18.4 Å². The molecule has 3 aliphatic rings. The standard InChI is InChI=1S/C27H31N7O2/c1-33-15-20(13-30-33)31-27-25(26(28)36)29-14-24(32-27)34-21-9-8-19(22(34)11-10-21)12-23(35)18-6-4-17(5-7-18)16-2-3-16/h4-7,13-16,19,21-22H,2-3,8-12H2,1H3,(H2,28,36)(H,31,32)/t19-,21?,22?/m0/s1. The number of carbonyl (C=O) groups excluding carboxylic acids is 2. The van der Waals surface area contributed by atoms with Crippen molar-refractivity contribution in [2.45, 2.75) is 62.9 Å². The van der Waals surface area contributed by atoms with E-state index in [0.717, 1.165) is 31.2 Å². The van der Waals surface area contributed by atoms with Crippen LogP contribution in [0.2, 0.25) is 0 Å². The van der Waals surface area contributed by atoms with E-state index in [-0.39, 0.29) is 23.4 Å². The Morgan fingerprint density at radius 1 is 1.06 bits per heavy atom. The maximum Gasteiger partial charge on any atom is 0.271 e. The van der Waals surface area contributed by atoms with Crippen molar-refractivity contribution >= 4 is 29.0 Å². The van der Waals surface area contributed by atoms with Crippen LogP contribution in [0.15, 0.2) is 42.9 Å². The van der Waals surface area contributed by atoms with Gasteiger partial charge < -0.3 is 16.0 Å². The summed E-state index contributed by atoms with van der Waals surface area (Å²) < 4.78 is 1.66. The van der Waals surface area contributed by atoms with Crippen LogP contribution in [-0.2, 0) is 7.05 Å². The topological polar surface area (TPSA) is 119 Å². The number of nitrogens with zero attached hydrogens (tertiary/aromatic N) is 5. The number of fused-ring (bicyclic) bond motifs is 2. The van der Waals surface area contributed by atoms with Crippen molar-refractivity contribution in [2.24, 2.45) is 18.7 Å². The number of aromatic nitrogens is 4. The van der Waals surface area contributed by atoms with Crippen LogP contribution in [0.5, 0.6) is 0 Å². The molecule has 2 aromatic heterocycles. The summed E-state index contributed by atoms with van der Waals surface area (Å²) in [4.78, 5) is 36.7. The summed E-state index contributed by atoms with van der Waals surface area (Å²) in [7, 11) is 1.82. The van der Waals surface area contributed by atoms with Crippen molar-refractivity contribution in [3.05, 3.63) is 59.7 Å². The molecule has 3 N–H and O–H groups in total. The molecule has 186 valence electrons. The van der Waals surface area contributed by atoms with E-state index in [1.54, 1.807) is 23.3 Å². The second kappa shape index (κ2) is 9.04. The highest BCUT2D eigenvalue weighted by Gasteiger charge is 2.44. The molecular weight excluding hydrogens is 454 g/mol. The quantitative estimate of drug-likeness (QED) is 0.464. The lowest BCUT2D eigenvalue weighted by Crippen LogP contribution is -2.46. The highest BCUT2D eigenvalue weighted by atomic mass is 16.1. The van der Waals surface area contributed by atoms with Gasteiger partial charge in [0.05, 0.1) is 18.1 Å². The summed E-state index contributed by atoms with van der Waals surface area (Å²) in [6.45, 7) is 0. The molecule has 3 atom stereocenters. The Balaban J connectivity index is 1.22. The number of carbonyl (C=O) groups is 2. The van der Waals surface area contributed by atoms with Gasteiger partial charge in [0.1, 0.15) is 5.82 Å². The Hall–Kier alpha value is -3.75. The molecule has 4 heterocycles. The van der Waals surface area contributed by atoms with Crippen molar-refractivity contribution in [3.8, 4) is 0 Å². The van der Waals surface area contributed by atoms with Crippen LogP contribution < -0.4 is 16.0 Å². The number of nitrogens with one attached hydrogen (secondary N) is 1. The Kier molecular flexibility index (Phi) is 5.70. The molecule has 1 aliphatic carbocycles. The van der Waals surface area contributed by atoms with Crippen molar-refractivity contribution in [1.29, 1.82) is 0 Å². The number of amides is 1. The molecule has 9 heteroatoms. The molecule has 2 aliphatic heterocycles. The molecule has 1 saturated carbocycles. The molecule has 2 saturated heterocycles. The van der Waals surface area contributed by atoms with Crippen LogP contribution >= 0.6 is 0 Å². The highest BCUT2D eigenvalue weighted by molar-refractivity contribution is 5.97. The molecule has 2 unspecified atom stereocenters. The third-order valence-corrected chi connectivity index (χ3v) is 7.92. The summed E-state index contributed by atoms with van der Waals surface area (Å²) in [6.07, 6.45) is 12.3. The third kappa shape index (κ3) is 4.34. The number of rotatable bonds is 8. The molecule has 36 heavy (non-hydrogen) atoms. The second-order valence-electron chi connectivity index (χ2n) is 10.4. The van der Waals surface area contributed by atoms with Crippen molar-refractivity contribution in [2.75, 3.05) is 10.2 Å². The fourth-order valence-corrected chi connectivity index (χ4v) is 5.96. The highest BCUT2D eigenvalue weighted by Crippen LogP contribution is 2.44. The Morgan fingerprint density at radius 2 is 1.83 bits per heavy atom. The average Bonchev–Trinajstić information content (AvgIpc) is 3.57. The van der Waals surface area contributed by atoms with Gasteiger partial charge in [0.25, 0.3) is 5.91 Å². The van der Waals surface area contributed by atoms with E-state index in [0.29, 0.717) is 35.7 Å². The Labute approximate surface area is 210 Å². The minimum absolute atomic E-state index is 0.0910. The molecule has 9 nitrogen and oxygen atoms in total. The second-order valence-corrected chi connectivity index (χ2v) is 10.4. The number of nitrogens with two attached hydrogens (primary N) is 1. The van der Waals surface area contributed by atoms with Gasteiger partial charge in [-0.15, -0.1) is 0 Å². The van der Waals surface area contributed by atoms with Gasteiger partial charge in [0.15, 0.2) is 17.3 Å². The molecule has 0 radical (unpaired) electrons. The number of benzene rings is 1. The zero-order valence-electron chi connectivity index (χ0n) is 20.4. The van der Waals surface area contributed by atoms with Crippen molar-refractivity contribution in [1.82, 2.24) is 19.7 Å². The summed E-state index contributed by atoms with van der Waals surface area (Å²) in [5, 5.41) is 7.31. The summed E-state index contributed by atoms with van der Waals surface area (Å²) >= 11 is 0. The third-order valence-electron chi connectivity index (χ3n) is 7.92. The van der Waals surface area contributed by atoms with Crippen LogP contribution in [0.25, 0.3) is 0 Å². The molecule has 6 rings (SSSR count). The minimum atomic E-state index is -0.641. The van der Waals surface area contributed by atoms with Gasteiger partial charge in [-0.2, -0.15) is 5.10 Å². The number of ketones is 1. The van der Waals surface area contributed by atoms with Gasteiger partial charge in [0.2, 0.25) is 0 Å². The zero-order chi connectivity index (χ0) is 24.8. The Bertz CT molecular complexity index is 1300. The largest absolute Gasteiger partial charge is 0.364 e. The van der Waals surface area contributed by atoms with Crippen LogP contribution in [0.1, 0.15) is 77.3 Å². The van der Waals surface area contributed by atoms with Crippen molar-refractivity contribution in [3.63, 3.8) is 0 Å². The molecule has 3 aromatic rings. The maximum atomic E-state index is 13.2. The number of Topliss-reactive ketones (excluding diaryl/α,β-unsaturated/α-hetero) is 1. The van der Waals surface area contributed by atoms with E-state index in [2.05, 4.69) is 32.4 Å². The SMILES string of the molecule is Cn1cc(Nc2nc(N3C4CCC3[C@H](CC(=O)c3ccc(C5CC5)cc3)CC4)cnc2C(N)=O)cn1. The lowest BCUT2D eigenvalue weighted by molar-refractivity contribution is 0.0944. The summed E-state index contributed by atoms with van der Waals surface area (Å²) in [6, 6.07) is 8.82. The molecule has 0 spiro atoms. The first-order chi connectivity index (χ1) is 17.5. The lowest BCUT2D eigenvalue weighted by atomic mass is 9.85. The zero-order valence-corrected chi connectivity index (χ0v) is 20.4. The number of aryl methyl sites for hydroxylation is 1. The van der Waals surface area contributed by atoms with Gasteiger partial charge in [0, 0.05) is 37.3 Å². The molecule has 2 bridgehead atoms. The minimum Gasteiger partial charge on any atom is -0.364 e. The molecule has 1 amide bonds. The number of anilines is 3. The summed E-state index contributed by atoms with van der Waals surface area (Å²) in [5.41, 5.74) is 8.52. The monoisotopic (exact) mass is 485 g/mol. The number of hydrogen-bond donors (Lipinski definition) is 2. The first-order valence-corrected chi connectivity index (χ1v) is 12.8. The number of primary amides is 1. The summed E-state index contributed by atoms with van der Waals surface area (Å²) in [5.74, 6) is 1.55. The molecular formula is C27H31N7O2. The van der Waals surface area contributed by atoms with Gasteiger partial charge in [-0.1, -0.05) is 24.3 Å². The number of hydrogen-bond acceptors (Lipinski definition) is 7. The normalized spacial score (nSPS) is 23.0. The Morgan fingerprint density at radius 3 is 2.53 bits per heavy atom. The first-order valence-electron chi connectivity index (χ1n) is 12.8. The first kappa shape index (κ1) is 22.7. The van der Waals surface area contributed by atoms with Gasteiger partial charge in [-0.3, -0.25) is 14.3 Å². The van der Waals surface area contributed by atoms with E-state index in [4.69, 9.17) is 10.7 Å². The lowest BCUT2D eigenvalue weighted by Gasteiger charge is -2.40. The van der Waals surface area contributed by atoms with Crippen LogP contribution in [-0.4, -0.2) is 43.5 Å².